The standard InChI is InChI=1S/C31H37N3O7S/c1-39-20-8-17-32-31(36)30(26-11-6-3-7-12-26)34(23-25-9-4-2-5-10-25)29(35)24-41-27-13-15-28(16-14-27)42(37,38)33-18-21-40-22-19-33/h2-7,9-16,30H,8,17-24H2,1H3,(H,32,36)/t30-/m1/s1. The first-order valence-corrected chi connectivity index (χ1v) is 15.3. The van der Waals surface area contributed by atoms with Gasteiger partial charge in [-0.15, -0.1) is 0 Å². The number of nitrogens with one attached hydrogen (secondary N) is 1. The summed E-state index contributed by atoms with van der Waals surface area (Å²) >= 11 is 0. The second kappa shape index (κ2) is 15.5. The molecule has 4 rings (SSSR count). The summed E-state index contributed by atoms with van der Waals surface area (Å²) in [7, 11) is -2.05. The number of carbonyl (C=O) groups excluding carboxylic acids is 2. The van der Waals surface area contributed by atoms with Gasteiger partial charge in [0.05, 0.1) is 18.1 Å². The van der Waals surface area contributed by atoms with Crippen molar-refractivity contribution in [1.29, 1.82) is 0 Å². The first-order chi connectivity index (χ1) is 20.4. The van der Waals surface area contributed by atoms with Crippen LogP contribution in [0, 0.1) is 0 Å². The third-order valence-electron chi connectivity index (χ3n) is 6.81. The summed E-state index contributed by atoms with van der Waals surface area (Å²) in [5, 5.41) is 2.94. The molecule has 1 heterocycles. The number of hydrogen-bond acceptors (Lipinski definition) is 7. The van der Waals surface area contributed by atoms with E-state index in [0.717, 1.165) is 5.56 Å². The Morgan fingerprint density at radius 1 is 0.952 bits per heavy atom. The van der Waals surface area contributed by atoms with Crippen LogP contribution < -0.4 is 10.1 Å². The molecule has 224 valence electrons. The van der Waals surface area contributed by atoms with Crippen molar-refractivity contribution < 1.29 is 32.2 Å². The summed E-state index contributed by atoms with van der Waals surface area (Å²) < 4.78 is 43.4. The lowest BCUT2D eigenvalue weighted by Crippen LogP contribution is -2.45. The van der Waals surface area contributed by atoms with E-state index in [1.54, 1.807) is 7.11 Å². The summed E-state index contributed by atoms with van der Waals surface area (Å²) in [4.78, 5) is 28.9. The molecule has 1 aliphatic heterocycles. The van der Waals surface area contributed by atoms with Crippen LogP contribution in [0.5, 0.6) is 5.75 Å². The largest absolute Gasteiger partial charge is 0.484 e. The molecule has 0 aromatic heterocycles. The minimum atomic E-state index is -3.65. The number of morpholine rings is 1. The average molecular weight is 596 g/mol. The predicted molar refractivity (Wildman–Crippen MR) is 157 cm³/mol. The van der Waals surface area contributed by atoms with Crippen molar-refractivity contribution in [2.24, 2.45) is 0 Å². The SMILES string of the molecule is COCCCNC(=O)[C@@H](c1ccccc1)N(Cc1ccccc1)C(=O)COc1ccc(S(=O)(=O)N2CCOCC2)cc1. The summed E-state index contributed by atoms with van der Waals surface area (Å²) in [6.45, 7) is 2.06. The van der Waals surface area contributed by atoms with Crippen LogP contribution in [-0.2, 0) is 35.6 Å². The summed E-state index contributed by atoms with van der Waals surface area (Å²) in [6.07, 6.45) is 0.636. The molecule has 2 amide bonds. The highest BCUT2D eigenvalue weighted by Gasteiger charge is 2.32. The first kappa shape index (κ1) is 31.2. The van der Waals surface area contributed by atoms with Crippen LogP contribution >= 0.6 is 0 Å². The zero-order valence-corrected chi connectivity index (χ0v) is 24.5. The minimum Gasteiger partial charge on any atom is -0.484 e. The van der Waals surface area contributed by atoms with E-state index in [-0.39, 0.29) is 24.0 Å². The molecule has 3 aromatic carbocycles. The molecule has 0 spiro atoms. The van der Waals surface area contributed by atoms with Gasteiger partial charge in [-0.05, 0) is 41.8 Å². The van der Waals surface area contributed by atoms with Gasteiger partial charge in [0.25, 0.3) is 5.91 Å². The molecule has 1 saturated heterocycles. The van der Waals surface area contributed by atoms with Crippen LogP contribution in [0.4, 0.5) is 0 Å². The molecule has 42 heavy (non-hydrogen) atoms. The van der Waals surface area contributed by atoms with E-state index in [4.69, 9.17) is 14.2 Å². The number of carbonyl (C=O) groups is 2. The van der Waals surface area contributed by atoms with Crippen LogP contribution in [0.25, 0.3) is 0 Å². The zero-order valence-electron chi connectivity index (χ0n) is 23.7. The predicted octanol–water partition coefficient (Wildman–Crippen LogP) is 3.01. The van der Waals surface area contributed by atoms with Gasteiger partial charge in [0.1, 0.15) is 11.8 Å². The lowest BCUT2D eigenvalue weighted by atomic mass is 10.0. The van der Waals surface area contributed by atoms with Crippen LogP contribution in [0.15, 0.2) is 89.8 Å². The Bertz CT molecular complexity index is 1380. The van der Waals surface area contributed by atoms with Crippen LogP contribution in [0.2, 0.25) is 0 Å². The highest BCUT2D eigenvalue weighted by molar-refractivity contribution is 7.89. The normalized spacial score (nSPS) is 14.6. The van der Waals surface area contributed by atoms with Gasteiger partial charge in [-0.2, -0.15) is 4.31 Å². The Morgan fingerprint density at radius 3 is 2.24 bits per heavy atom. The van der Waals surface area contributed by atoms with Gasteiger partial charge in [0, 0.05) is 39.9 Å². The maximum atomic E-state index is 13.7. The Kier molecular flexibility index (Phi) is 11.5. The number of amides is 2. The third-order valence-corrected chi connectivity index (χ3v) is 8.72. The second-order valence-electron chi connectivity index (χ2n) is 9.73. The van der Waals surface area contributed by atoms with Gasteiger partial charge < -0.3 is 24.4 Å². The van der Waals surface area contributed by atoms with E-state index in [1.807, 2.05) is 60.7 Å². The molecule has 0 saturated carbocycles. The second-order valence-corrected chi connectivity index (χ2v) is 11.7. The number of benzene rings is 3. The number of ether oxygens (including phenoxy) is 3. The van der Waals surface area contributed by atoms with Crippen LogP contribution in [0.3, 0.4) is 0 Å². The molecular formula is C31H37N3O7S. The topological polar surface area (TPSA) is 114 Å². The lowest BCUT2D eigenvalue weighted by molar-refractivity contribution is -0.143. The maximum absolute atomic E-state index is 13.7. The van der Waals surface area contributed by atoms with E-state index >= 15 is 0 Å². The van der Waals surface area contributed by atoms with Crippen molar-refractivity contribution >= 4 is 21.8 Å². The van der Waals surface area contributed by atoms with E-state index in [2.05, 4.69) is 5.32 Å². The molecule has 1 aliphatic rings. The molecule has 1 fully saturated rings. The van der Waals surface area contributed by atoms with Crippen molar-refractivity contribution in [1.82, 2.24) is 14.5 Å². The Labute approximate surface area is 247 Å². The molecule has 1 N–H and O–H groups in total. The zero-order chi connectivity index (χ0) is 29.8. The summed E-state index contributed by atoms with van der Waals surface area (Å²) in [5.74, 6) is -0.367. The van der Waals surface area contributed by atoms with Crippen LogP contribution in [-0.4, -0.2) is 82.6 Å². The first-order valence-electron chi connectivity index (χ1n) is 13.9. The lowest BCUT2D eigenvalue weighted by Gasteiger charge is -2.31. The molecule has 11 heteroatoms. The maximum Gasteiger partial charge on any atom is 0.261 e. The smallest absolute Gasteiger partial charge is 0.261 e. The molecule has 1 atom stereocenters. The molecule has 3 aromatic rings. The molecule has 10 nitrogen and oxygen atoms in total. The molecule has 0 radical (unpaired) electrons. The number of nitrogens with zero attached hydrogens (tertiary/aromatic N) is 2. The van der Waals surface area contributed by atoms with E-state index in [9.17, 15) is 18.0 Å². The van der Waals surface area contributed by atoms with Crippen molar-refractivity contribution in [3.8, 4) is 5.75 Å². The highest BCUT2D eigenvalue weighted by Crippen LogP contribution is 2.25. The number of hydrogen-bond donors (Lipinski definition) is 1. The van der Waals surface area contributed by atoms with Crippen molar-refractivity contribution in [2.75, 3.05) is 53.2 Å². The number of rotatable bonds is 14. The quantitative estimate of drug-likeness (QED) is 0.285. The number of sulfonamides is 1. The van der Waals surface area contributed by atoms with E-state index in [1.165, 1.54) is 33.5 Å². The fraction of sp³-hybridized carbons (Fsp3) is 0.355. The molecule has 0 unspecified atom stereocenters. The van der Waals surface area contributed by atoms with Crippen molar-refractivity contribution in [3.05, 3.63) is 96.1 Å². The summed E-state index contributed by atoms with van der Waals surface area (Å²) in [5.41, 5.74) is 1.53. The van der Waals surface area contributed by atoms with Gasteiger partial charge >= 0.3 is 0 Å². The van der Waals surface area contributed by atoms with E-state index in [0.29, 0.717) is 57.2 Å². The third kappa shape index (κ3) is 8.39. The average Bonchev–Trinajstić information content (AvgIpc) is 3.03. The minimum absolute atomic E-state index is 0.142. The van der Waals surface area contributed by atoms with Crippen LogP contribution in [0.1, 0.15) is 23.6 Å². The highest BCUT2D eigenvalue weighted by atomic mass is 32.2. The Balaban J connectivity index is 1.52. The van der Waals surface area contributed by atoms with Gasteiger partial charge in [0.2, 0.25) is 15.9 Å². The Morgan fingerprint density at radius 2 is 1.60 bits per heavy atom. The summed E-state index contributed by atoms with van der Waals surface area (Å²) in [6, 6.07) is 23.7. The van der Waals surface area contributed by atoms with Gasteiger partial charge in [-0.25, -0.2) is 8.42 Å². The van der Waals surface area contributed by atoms with Gasteiger partial charge in [0.15, 0.2) is 6.61 Å². The van der Waals surface area contributed by atoms with Gasteiger partial charge in [-0.3, -0.25) is 9.59 Å². The Hall–Kier alpha value is -3.77. The molecular weight excluding hydrogens is 558 g/mol. The fourth-order valence-corrected chi connectivity index (χ4v) is 6.02. The van der Waals surface area contributed by atoms with E-state index < -0.39 is 22.0 Å². The van der Waals surface area contributed by atoms with Crippen molar-refractivity contribution in [2.45, 2.75) is 23.9 Å². The monoisotopic (exact) mass is 595 g/mol. The fourth-order valence-electron chi connectivity index (χ4n) is 4.61. The number of methoxy groups -OCH3 is 1. The molecule has 0 bridgehead atoms. The van der Waals surface area contributed by atoms with Gasteiger partial charge in [-0.1, -0.05) is 60.7 Å². The molecule has 0 aliphatic carbocycles. The van der Waals surface area contributed by atoms with Crippen molar-refractivity contribution in [3.63, 3.8) is 0 Å².